The fraction of sp³-hybridized carbons (Fsp3) is 0.381. The molecule has 0 saturated carbocycles. The van der Waals surface area contributed by atoms with Crippen LogP contribution in [0.1, 0.15) is 35.5 Å². The van der Waals surface area contributed by atoms with E-state index in [0.29, 0.717) is 6.04 Å². The van der Waals surface area contributed by atoms with Crippen molar-refractivity contribution >= 4 is 10.9 Å². The van der Waals surface area contributed by atoms with Gasteiger partial charge in [0.25, 0.3) is 0 Å². The van der Waals surface area contributed by atoms with Gasteiger partial charge in [-0.15, -0.1) is 0 Å². The molecule has 0 bridgehead atoms. The number of nitrogens with zero attached hydrogens (tertiary/aromatic N) is 3. The number of aromatic nitrogens is 2. The van der Waals surface area contributed by atoms with Crippen LogP contribution in [-0.4, -0.2) is 28.0 Å². The van der Waals surface area contributed by atoms with E-state index in [9.17, 15) is 4.39 Å². The first-order valence-corrected chi connectivity index (χ1v) is 8.97. The zero-order valence-corrected chi connectivity index (χ0v) is 15.1. The fourth-order valence-corrected chi connectivity index (χ4v) is 3.98. The molecule has 0 N–H and O–H groups in total. The number of aryl methyl sites for hydroxylation is 3. The number of benzene rings is 1. The Morgan fingerprint density at radius 3 is 2.84 bits per heavy atom. The standard InChI is InChI=1S/C21H24FN3/c1-14-4-5-16(13-23-14)8-11-25-19-7-6-17(22)12-18(19)21-15(2)24(3)10-9-20(21)25/h4-7,12-13,15H,8-11H2,1-3H3. The highest BCUT2D eigenvalue weighted by Crippen LogP contribution is 2.37. The van der Waals surface area contributed by atoms with Crippen LogP contribution in [0, 0.1) is 12.7 Å². The molecule has 3 nitrogen and oxygen atoms in total. The van der Waals surface area contributed by atoms with Crippen LogP contribution in [0.2, 0.25) is 0 Å². The van der Waals surface area contributed by atoms with Crippen molar-refractivity contribution in [3.05, 3.63) is 64.9 Å². The molecule has 0 aliphatic carbocycles. The molecule has 25 heavy (non-hydrogen) atoms. The fourth-order valence-electron chi connectivity index (χ4n) is 3.98. The number of fused-ring (bicyclic) bond motifs is 3. The Bertz CT molecular complexity index is 911. The summed E-state index contributed by atoms with van der Waals surface area (Å²) >= 11 is 0. The monoisotopic (exact) mass is 337 g/mol. The molecule has 3 aromatic rings. The number of likely N-dealkylation sites (N-methyl/N-ethyl adjacent to an activating group) is 1. The topological polar surface area (TPSA) is 21.1 Å². The molecule has 2 aromatic heterocycles. The lowest BCUT2D eigenvalue weighted by atomic mass is 9.97. The van der Waals surface area contributed by atoms with Crippen molar-refractivity contribution < 1.29 is 4.39 Å². The zero-order chi connectivity index (χ0) is 17.6. The lowest BCUT2D eigenvalue weighted by Crippen LogP contribution is -2.31. The third-order valence-corrected chi connectivity index (χ3v) is 5.55. The minimum absolute atomic E-state index is 0.157. The van der Waals surface area contributed by atoms with Crippen LogP contribution in [0.15, 0.2) is 36.5 Å². The molecule has 130 valence electrons. The first-order chi connectivity index (χ1) is 12.0. The second kappa shape index (κ2) is 6.26. The van der Waals surface area contributed by atoms with Gasteiger partial charge in [-0.05, 0) is 62.7 Å². The van der Waals surface area contributed by atoms with Gasteiger partial charge in [-0.25, -0.2) is 4.39 Å². The quantitative estimate of drug-likeness (QED) is 0.711. The van der Waals surface area contributed by atoms with Gasteiger partial charge in [0.1, 0.15) is 5.82 Å². The molecule has 4 rings (SSSR count). The third kappa shape index (κ3) is 2.85. The molecular formula is C21H24FN3. The van der Waals surface area contributed by atoms with Crippen molar-refractivity contribution in [3.8, 4) is 0 Å². The van der Waals surface area contributed by atoms with Gasteiger partial charge in [-0.3, -0.25) is 9.88 Å². The molecule has 1 aliphatic rings. The lowest BCUT2D eigenvalue weighted by Gasteiger charge is -2.31. The van der Waals surface area contributed by atoms with Crippen LogP contribution in [0.3, 0.4) is 0 Å². The molecule has 0 amide bonds. The minimum atomic E-state index is -0.157. The second-order valence-electron chi connectivity index (χ2n) is 7.14. The minimum Gasteiger partial charge on any atom is -0.344 e. The molecule has 0 saturated heterocycles. The lowest BCUT2D eigenvalue weighted by molar-refractivity contribution is 0.245. The maximum Gasteiger partial charge on any atom is 0.123 e. The molecular weight excluding hydrogens is 313 g/mol. The Morgan fingerprint density at radius 2 is 2.08 bits per heavy atom. The number of rotatable bonds is 3. The Kier molecular flexibility index (Phi) is 4.08. The van der Waals surface area contributed by atoms with E-state index in [2.05, 4.69) is 40.6 Å². The number of halogens is 1. The molecule has 1 unspecified atom stereocenters. The molecule has 0 fully saturated rings. The number of hydrogen-bond acceptors (Lipinski definition) is 2. The second-order valence-corrected chi connectivity index (χ2v) is 7.14. The van der Waals surface area contributed by atoms with Crippen molar-refractivity contribution in [2.24, 2.45) is 0 Å². The first kappa shape index (κ1) is 16.3. The van der Waals surface area contributed by atoms with E-state index in [1.54, 1.807) is 12.1 Å². The van der Waals surface area contributed by atoms with Gasteiger partial charge in [0.15, 0.2) is 0 Å². The molecule has 0 radical (unpaired) electrons. The molecule has 4 heteroatoms. The summed E-state index contributed by atoms with van der Waals surface area (Å²) in [6, 6.07) is 9.74. The van der Waals surface area contributed by atoms with Crippen LogP contribution in [0.4, 0.5) is 4.39 Å². The van der Waals surface area contributed by atoms with Crippen LogP contribution in [0.5, 0.6) is 0 Å². The smallest absolute Gasteiger partial charge is 0.123 e. The van der Waals surface area contributed by atoms with Crippen molar-refractivity contribution in [1.82, 2.24) is 14.5 Å². The predicted octanol–water partition coefficient (Wildman–Crippen LogP) is 4.28. The highest BCUT2D eigenvalue weighted by atomic mass is 19.1. The van der Waals surface area contributed by atoms with Crippen molar-refractivity contribution in [1.29, 1.82) is 0 Å². The van der Waals surface area contributed by atoms with Crippen LogP contribution in [-0.2, 0) is 19.4 Å². The number of hydrogen-bond donors (Lipinski definition) is 0. The van der Waals surface area contributed by atoms with E-state index >= 15 is 0 Å². The maximum absolute atomic E-state index is 13.9. The van der Waals surface area contributed by atoms with E-state index in [1.165, 1.54) is 16.8 Å². The van der Waals surface area contributed by atoms with Gasteiger partial charge >= 0.3 is 0 Å². The third-order valence-electron chi connectivity index (χ3n) is 5.55. The van der Waals surface area contributed by atoms with Gasteiger partial charge < -0.3 is 4.57 Å². The van der Waals surface area contributed by atoms with Crippen LogP contribution >= 0.6 is 0 Å². The summed E-state index contributed by atoms with van der Waals surface area (Å²) in [7, 11) is 2.15. The predicted molar refractivity (Wildman–Crippen MR) is 99.3 cm³/mol. The van der Waals surface area contributed by atoms with E-state index in [0.717, 1.165) is 42.5 Å². The summed E-state index contributed by atoms with van der Waals surface area (Å²) in [4.78, 5) is 6.75. The van der Waals surface area contributed by atoms with Gasteiger partial charge in [-0.2, -0.15) is 0 Å². The van der Waals surface area contributed by atoms with Crippen LogP contribution in [0.25, 0.3) is 10.9 Å². The summed E-state index contributed by atoms with van der Waals surface area (Å²) < 4.78 is 16.3. The van der Waals surface area contributed by atoms with Gasteiger partial charge in [0.2, 0.25) is 0 Å². The molecule has 1 aromatic carbocycles. The molecule has 1 atom stereocenters. The highest BCUT2D eigenvalue weighted by Gasteiger charge is 2.27. The van der Waals surface area contributed by atoms with Gasteiger partial charge in [0, 0.05) is 54.0 Å². The largest absolute Gasteiger partial charge is 0.344 e. The Labute approximate surface area is 148 Å². The van der Waals surface area contributed by atoms with Crippen LogP contribution < -0.4 is 0 Å². The Balaban J connectivity index is 1.76. The van der Waals surface area contributed by atoms with E-state index in [-0.39, 0.29) is 5.82 Å². The summed E-state index contributed by atoms with van der Waals surface area (Å²) in [6.07, 6.45) is 3.91. The number of pyridine rings is 1. The SMILES string of the molecule is Cc1ccc(CCn2c3c(c4cc(F)ccc42)C(C)N(C)CC3)cn1. The average Bonchev–Trinajstić information content (AvgIpc) is 2.91. The Morgan fingerprint density at radius 1 is 1.24 bits per heavy atom. The van der Waals surface area contributed by atoms with Crippen molar-refractivity contribution in [2.75, 3.05) is 13.6 Å². The van der Waals surface area contributed by atoms with E-state index in [1.807, 2.05) is 19.2 Å². The Hall–Kier alpha value is -2.20. The summed E-state index contributed by atoms with van der Waals surface area (Å²) in [5.74, 6) is -0.157. The average molecular weight is 337 g/mol. The molecule has 1 aliphatic heterocycles. The van der Waals surface area contributed by atoms with E-state index < -0.39 is 0 Å². The summed E-state index contributed by atoms with van der Waals surface area (Å²) in [5.41, 5.74) is 6.09. The molecule has 0 spiro atoms. The zero-order valence-electron chi connectivity index (χ0n) is 15.1. The summed E-state index contributed by atoms with van der Waals surface area (Å²) in [6.45, 7) is 6.17. The van der Waals surface area contributed by atoms with Crippen molar-refractivity contribution in [3.63, 3.8) is 0 Å². The normalized spacial score (nSPS) is 17.8. The summed E-state index contributed by atoms with van der Waals surface area (Å²) in [5, 5.41) is 1.07. The van der Waals surface area contributed by atoms with Gasteiger partial charge in [0.05, 0.1) is 0 Å². The van der Waals surface area contributed by atoms with Gasteiger partial charge in [-0.1, -0.05) is 6.07 Å². The van der Waals surface area contributed by atoms with E-state index in [4.69, 9.17) is 0 Å². The molecule has 3 heterocycles. The maximum atomic E-state index is 13.9. The van der Waals surface area contributed by atoms with Crippen molar-refractivity contribution in [2.45, 2.75) is 39.3 Å². The highest BCUT2D eigenvalue weighted by molar-refractivity contribution is 5.86. The first-order valence-electron chi connectivity index (χ1n) is 8.97.